The molecule has 1 N–H and O–H groups in total. The van der Waals surface area contributed by atoms with Gasteiger partial charge in [-0.05, 0) is 32.3 Å². The molecule has 0 bridgehead atoms. The van der Waals surface area contributed by atoms with Gasteiger partial charge < -0.3 is 14.8 Å². The first-order valence-electron chi connectivity index (χ1n) is 7.24. The molecule has 1 aromatic carbocycles. The zero-order valence-corrected chi connectivity index (χ0v) is 12.0. The quantitative estimate of drug-likeness (QED) is 0.916. The highest BCUT2D eigenvalue weighted by Gasteiger charge is 2.45. The average molecular weight is 275 g/mol. The molecule has 1 aromatic rings. The van der Waals surface area contributed by atoms with Crippen molar-refractivity contribution < 1.29 is 14.3 Å². The van der Waals surface area contributed by atoms with Gasteiger partial charge in [-0.3, -0.25) is 4.79 Å². The predicted molar refractivity (Wildman–Crippen MR) is 75.9 cm³/mol. The molecule has 4 heteroatoms. The molecule has 0 spiro atoms. The molecular weight excluding hydrogens is 254 g/mol. The van der Waals surface area contributed by atoms with Crippen LogP contribution in [0, 0.1) is 0 Å². The number of nitrogens with one attached hydrogen (secondary N) is 1. The van der Waals surface area contributed by atoms with Crippen LogP contribution in [0.15, 0.2) is 24.3 Å². The summed E-state index contributed by atoms with van der Waals surface area (Å²) in [6.07, 6.45) is 2.70. The molecule has 1 fully saturated rings. The number of ether oxygens (including phenoxy) is 2. The van der Waals surface area contributed by atoms with Crippen molar-refractivity contribution >= 4 is 5.91 Å². The molecule has 1 aliphatic heterocycles. The van der Waals surface area contributed by atoms with E-state index in [0.29, 0.717) is 6.61 Å². The van der Waals surface area contributed by atoms with Crippen LogP contribution in [-0.4, -0.2) is 31.3 Å². The van der Waals surface area contributed by atoms with Crippen molar-refractivity contribution in [1.82, 2.24) is 5.32 Å². The Morgan fingerprint density at radius 3 is 2.85 bits per heavy atom. The lowest BCUT2D eigenvalue weighted by Gasteiger charge is -2.39. The molecule has 0 aromatic heterocycles. The number of carbonyl (C=O) groups is 1. The van der Waals surface area contributed by atoms with E-state index in [2.05, 4.69) is 11.4 Å². The number of rotatable bonds is 4. The number of fused-ring (bicyclic) bond motifs is 1. The topological polar surface area (TPSA) is 47.6 Å². The van der Waals surface area contributed by atoms with Gasteiger partial charge in [0.2, 0.25) is 0 Å². The van der Waals surface area contributed by atoms with Crippen molar-refractivity contribution in [3.8, 4) is 5.75 Å². The van der Waals surface area contributed by atoms with Crippen molar-refractivity contribution in [2.75, 3.05) is 13.7 Å². The first-order valence-corrected chi connectivity index (χ1v) is 7.24. The lowest BCUT2D eigenvalue weighted by atomic mass is 9.79. The smallest absolute Gasteiger partial charge is 0.252 e. The van der Waals surface area contributed by atoms with E-state index < -0.39 is 5.60 Å². The van der Waals surface area contributed by atoms with Crippen LogP contribution >= 0.6 is 0 Å². The monoisotopic (exact) mass is 275 g/mol. The molecule has 0 unspecified atom stereocenters. The van der Waals surface area contributed by atoms with Crippen LogP contribution in [0.2, 0.25) is 0 Å². The second-order valence-electron chi connectivity index (χ2n) is 5.77. The lowest BCUT2D eigenvalue weighted by Crippen LogP contribution is -2.55. The molecule has 0 radical (unpaired) electrons. The van der Waals surface area contributed by atoms with Gasteiger partial charge in [-0.15, -0.1) is 0 Å². The van der Waals surface area contributed by atoms with Gasteiger partial charge in [0.25, 0.3) is 5.91 Å². The zero-order chi connectivity index (χ0) is 14.2. The van der Waals surface area contributed by atoms with E-state index in [9.17, 15) is 4.79 Å². The first kappa shape index (κ1) is 13.4. The summed E-state index contributed by atoms with van der Waals surface area (Å²) in [5, 5.41) is 3.11. The van der Waals surface area contributed by atoms with Gasteiger partial charge in [-0.2, -0.15) is 0 Å². The van der Waals surface area contributed by atoms with Gasteiger partial charge in [0, 0.05) is 24.6 Å². The Hall–Kier alpha value is -1.55. The molecule has 108 valence electrons. The molecule has 4 nitrogen and oxygen atoms in total. The van der Waals surface area contributed by atoms with E-state index in [4.69, 9.17) is 9.47 Å². The summed E-state index contributed by atoms with van der Waals surface area (Å²) < 4.78 is 11.1. The fourth-order valence-electron chi connectivity index (χ4n) is 3.06. The van der Waals surface area contributed by atoms with Gasteiger partial charge in [0.15, 0.2) is 0 Å². The van der Waals surface area contributed by atoms with Gasteiger partial charge in [0.1, 0.15) is 11.4 Å². The molecule has 1 amide bonds. The minimum atomic E-state index is -0.590. The number of carbonyl (C=O) groups excluding carboxylic acids is 1. The maximum absolute atomic E-state index is 12.4. The Morgan fingerprint density at radius 2 is 2.20 bits per heavy atom. The number of methoxy groups -OCH3 is 1. The van der Waals surface area contributed by atoms with Gasteiger partial charge >= 0.3 is 0 Å². The Balaban J connectivity index is 1.69. The average Bonchev–Trinajstić information content (AvgIpc) is 2.81. The molecule has 20 heavy (non-hydrogen) atoms. The summed E-state index contributed by atoms with van der Waals surface area (Å²) in [4.78, 5) is 12.4. The summed E-state index contributed by atoms with van der Waals surface area (Å²) in [6.45, 7) is 2.66. The third-order valence-electron chi connectivity index (χ3n) is 4.66. The second-order valence-corrected chi connectivity index (χ2v) is 5.77. The molecule has 1 aliphatic carbocycles. The van der Waals surface area contributed by atoms with Crippen LogP contribution in [0.4, 0.5) is 0 Å². The Morgan fingerprint density at radius 1 is 1.45 bits per heavy atom. The van der Waals surface area contributed by atoms with Crippen LogP contribution in [-0.2, 0) is 9.53 Å². The minimum absolute atomic E-state index is 0.0168. The van der Waals surface area contributed by atoms with Crippen LogP contribution < -0.4 is 10.1 Å². The SMILES string of the molecule is COC1(C(=O)N[C@@H](C)[C@@H]2COc3ccccc32)CCC1. The highest BCUT2D eigenvalue weighted by molar-refractivity contribution is 5.86. The van der Waals surface area contributed by atoms with Crippen molar-refractivity contribution in [3.63, 3.8) is 0 Å². The first-order chi connectivity index (χ1) is 9.66. The van der Waals surface area contributed by atoms with Crippen LogP contribution in [0.1, 0.15) is 37.7 Å². The largest absolute Gasteiger partial charge is 0.493 e. The van der Waals surface area contributed by atoms with E-state index in [1.165, 1.54) is 5.56 Å². The number of hydrogen-bond acceptors (Lipinski definition) is 3. The van der Waals surface area contributed by atoms with Crippen molar-refractivity contribution in [2.45, 2.75) is 43.7 Å². The fraction of sp³-hybridized carbons (Fsp3) is 0.562. The van der Waals surface area contributed by atoms with Crippen LogP contribution in [0.3, 0.4) is 0 Å². The predicted octanol–water partition coefficient (Wildman–Crippen LogP) is 2.24. The Kier molecular flexibility index (Phi) is 3.42. The van der Waals surface area contributed by atoms with E-state index in [0.717, 1.165) is 25.0 Å². The Bertz CT molecular complexity index is 505. The summed E-state index contributed by atoms with van der Waals surface area (Å²) in [7, 11) is 1.62. The number of amides is 1. The zero-order valence-electron chi connectivity index (χ0n) is 12.0. The molecule has 2 atom stereocenters. The third kappa shape index (κ3) is 2.08. The van der Waals surface area contributed by atoms with Crippen molar-refractivity contribution in [3.05, 3.63) is 29.8 Å². The highest BCUT2D eigenvalue weighted by atomic mass is 16.5. The summed E-state index contributed by atoms with van der Waals surface area (Å²) in [5.41, 5.74) is 0.591. The minimum Gasteiger partial charge on any atom is -0.493 e. The number of hydrogen-bond donors (Lipinski definition) is 1. The number of para-hydroxylation sites is 1. The standard InChI is InChI=1S/C16H21NO3/c1-11(17-15(18)16(19-2)8-5-9-16)13-10-20-14-7-4-3-6-12(13)14/h3-4,6-7,11,13H,5,8-10H2,1-2H3,(H,17,18)/t11-,13-/m0/s1. The Labute approximate surface area is 119 Å². The fourth-order valence-corrected chi connectivity index (χ4v) is 3.06. The number of benzene rings is 1. The third-order valence-corrected chi connectivity index (χ3v) is 4.66. The van der Waals surface area contributed by atoms with Gasteiger partial charge in [-0.1, -0.05) is 18.2 Å². The van der Waals surface area contributed by atoms with Crippen molar-refractivity contribution in [2.24, 2.45) is 0 Å². The highest BCUT2D eigenvalue weighted by Crippen LogP contribution is 2.38. The molecule has 2 aliphatic rings. The normalized spacial score (nSPS) is 24.2. The van der Waals surface area contributed by atoms with E-state index in [1.807, 2.05) is 25.1 Å². The van der Waals surface area contributed by atoms with E-state index in [-0.39, 0.29) is 17.9 Å². The summed E-state index contributed by atoms with van der Waals surface area (Å²) in [5.74, 6) is 1.16. The van der Waals surface area contributed by atoms with Gasteiger partial charge in [-0.25, -0.2) is 0 Å². The van der Waals surface area contributed by atoms with Gasteiger partial charge in [0.05, 0.1) is 6.61 Å². The van der Waals surface area contributed by atoms with Crippen LogP contribution in [0.5, 0.6) is 5.75 Å². The molecule has 0 saturated heterocycles. The van der Waals surface area contributed by atoms with E-state index in [1.54, 1.807) is 7.11 Å². The summed E-state index contributed by atoms with van der Waals surface area (Å²) in [6, 6.07) is 8.08. The maximum Gasteiger partial charge on any atom is 0.252 e. The molecule has 1 heterocycles. The maximum atomic E-state index is 12.4. The second kappa shape index (κ2) is 5.09. The molecular formula is C16H21NO3. The molecule has 1 saturated carbocycles. The summed E-state index contributed by atoms with van der Waals surface area (Å²) >= 11 is 0. The van der Waals surface area contributed by atoms with Crippen LogP contribution in [0.25, 0.3) is 0 Å². The lowest BCUT2D eigenvalue weighted by molar-refractivity contribution is -0.155. The van der Waals surface area contributed by atoms with Crippen molar-refractivity contribution in [1.29, 1.82) is 0 Å². The van der Waals surface area contributed by atoms with E-state index >= 15 is 0 Å². The molecule has 3 rings (SSSR count).